The van der Waals surface area contributed by atoms with Crippen molar-refractivity contribution < 1.29 is 4.79 Å². The second-order valence-corrected chi connectivity index (χ2v) is 4.43. The van der Waals surface area contributed by atoms with E-state index in [0.717, 1.165) is 0 Å². The minimum atomic E-state index is -0.0267. The highest BCUT2D eigenvalue weighted by atomic mass is 35.5. The van der Waals surface area contributed by atoms with Gasteiger partial charge in [0.05, 0.1) is 11.1 Å². The minimum Gasteiger partial charge on any atom is -0.369 e. The third-order valence-electron chi connectivity index (χ3n) is 2.84. The summed E-state index contributed by atoms with van der Waals surface area (Å²) in [4.78, 5) is 19.6. The number of amides is 1. The molecule has 7 heteroatoms. The fourth-order valence-corrected chi connectivity index (χ4v) is 2.26. The van der Waals surface area contributed by atoms with Gasteiger partial charge in [-0.05, 0) is 6.07 Å². The second-order valence-electron chi connectivity index (χ2n) is 4.00. The SMILES string of the molecule is Nc1nc2cc(Cl)cnc2n1C1CNC(=O)C1. The lowest BCUT2D eigenvalue weighted by molar-refractivity contribution is -0.119. The van der Waals surface area contributed by atoms with Crippen molar-refractivity contribution in [2.24, 2.45) is 0 Å². The first kappa shape index (κ1) is 10.3. The van der Waals surface area contributed by atoms with Crippen LogP contribution >= 0.6 is 11.6 Å². The number of aromatic nitrogens is 3. The average Bonchev–Trinajstić information content (AvgIpc) is 2.80. The molecule has 2 aromatic rings. The zero-order valence-electron chi connectivity index (χ0n) is 8.85. The van der Waals surface area contributed by atoms with Crippen molar-refractivity contribution in [3.8, 4) is 0 Å². The van der Waals surface area contributed by atoms with Gasteiger partial charge in [-0.15, -0.1) is 0 Å². The van der Waals surface area contributed by atoms with Crippen molar-refractivity contribution in [3.63, 3.8) is 0 Å². The molecule has 0 bridgehead atoms. The van der Waals surface area contributed by atoms with Gasteiger partial charge in [-0.3, -0.25) is 9.36 Å². The Bertz CT molecular complexity index is 608. The average molecular weight is 252 g/mol. The van der Waals surface area contributed by atoms with E-state index in [4.69, 9.17) is 17.3 Å². The summed E-state index contributed by atoms with van der Waals surface area (Å²) in [7, 11) is 0. The maximum Gasteiger partial charge on any atom is 0.222 e. The summed E-state index contributed by atoms with van der Waals surface area (Å²) in [6.45, 7) is 0.554. The standard InChI is InChI=1S/C10H10ClN5O/c11-5-1-7-9(14-3-5)16(10(12)15-7)6-2-8(17)13-4-6/h1,3,6H,2,4H2,(H2,12,15)(H,13,17). The molecule has 88 valence electrons. The van der Waals surface area contributed by atoms with Gasteiger partial charge in [0.1, 0.15) is 5.52 Å². The normalized spacial score (nSPS) is 19.8. The zero-order valence-corrected chi connectivity index (χ0v) is 9.61. The van der Waals surface area contributed by atoms with Crippen LogP contribution in [0.2, 0.25) is 5.02 Å². The number of pyridine rings is 1. The van der Waals surface area contributed by atoms with Crippen LogP contribution in [0.3, 0.4) is 0 Å². The van der Waals surface area contributed by atoms with Gasteiger partial charge in [-0.1, -0.05) is 11.6 Å². The zero-order chi connectivity index (χ0) is 12.0. The van der Waals surface area contributed by atoms with E-state index in [-0.39, 0.29) is 11.9 Å². The molecule has 1 aliphatic heterocycles. The maximum absolute atomic E-state index is 11.2. The lowest BCUT2D eigenvalue weighted by atomic mass is 10.2. The van der Waals surface area contributed by atoms with Crippen LogP contribution in [0.4, 0.5) is 5.95 Å². The molecule has 0 radical (unpaired) electrons. The number of carbonyl (C=O) groups excluding carboxylic acids is 1. The van der Waals surface area contributed by atoms with Crippen molar-refractivity contribution in [1.82, 2.24) is 19.9 Å². The number of carbonyl (C=O) groups is 1. The number of imidazole rings is 1. The molecule has 1 amide bonds. The predicted octanol–water partition coefficient (Wildman–Crippen LogP) is 0.728. The molecule has 0 spiro atoms. The Morgan fingerprint density at radius 2 is 2.41 bits per heavy atom. The number of fused-ring (bicyclic) bond motifs is 1. The summed E-state index contributed by atoms with van der Waals surface area (Å²) in [5, 5.41) is 3.28. The number of hydrogen-bond acceptors (Lipinski definition) is 4. The molecule has 1 unspecified atom stereocenters. The fraction of sp³-hybridized carbons (Fsp3) is 0.300. The minimum absolute atomic E-state index is 0.0187. The third-order valence-corrected chi connectivity index (χ3v) is 3.05. The van der Waals surface area contributed by atoms with E-state index in [0.29, 0.717) is 35.1 Å². The number of hydrogen-bond donors (Lipinski definition) is 2. The molecule has 6 nitrogen and oxygen atoms in total. The van der Waals surface area contributed by atoms with Crippen LogP contribution in [-0.2, 0) is 4.79 Å². The number of nitrogens with two attached hydrogens (primary N) is 1. The van der Waals surface area contributed by atoms with Crippen molar-refractivity contribution in [2.45, 2.75) is 12.5 Å². The number of nitrogen functional groups attached to an aromatic ring is 1. The molecular formula is C10H10ClN5O. The van der Waals surface area contributed by atoms with Crippen LogP contribution in [-0.4, -0.2) is 27.0 Å². The van der Waals surface area contributed by atoms with Crippen LogP contribution in [0.5, 0.6) is 0 Å². The van der Waals surface area contributed by atoms with Crippen LogP contribution < -0.4 is 11.1 Å². The van der Waals surface area contributed by atoms with E-state index in [1.54, 1.807) is 16.8 Å². The quantitative estimate of drug-likeness (QED) is 0.782. The second kappa shape index (κ2) is 3.59. The molecule has 0 aliphatic carbocycles. The lowest BCUT2D eigenvalue weighted by Gasteiger charge is -2.11. The number of anilines is 1. The van der Waals surface area contributed by atoms with E-state index in [9.17, 15) is 4.79 Å². The summed E-state index contributed by atoms with van der Waals surface area (Å²) in [6.07, 6.45) is 1.95. The van der Waals surface area contributed by atoms with Crippen LogP contribution in [0.1, 0.15) is 12.5 Å². The topological polar surface area (TPSA) is 85.8 Å². The van der Waals surface area contributed by atoms with Crippen LogP contribution in [0.25, 0.3) is 11.2 Å². The molecule has 0 aromatic carbocycles. The van der Waals surface area contributed by atoms with Gasteiger partial charge >= 0.3 is 0 Å². The third kappa shape index (κ3) is 1.61. The van der Waals surface area contributed by atoms with Crippen molar-refractivity contribution >= 4 is 34.6 Å². The molecule has 17 heavy (non-hydrogen) atoms. The van der Waals surface area contributed by atoms with Gasteiger partial charge in [0, 0.05) is 19.2 Å². The maximum atomic E-state index is 11.2. The molecule has 3 heterocycles. The fourth-order valence-electron chi connectivity index (χ4n) is 2.11. The van der Waals surface area contributed by atoms with E-state index in [1.807, 2.05) is 0 Å². The van der Waals surface area contributed by atoms with Crippen molar-refractivity contribution in [1.29, 1.82) is 0 Å². The molecule has 1 saturated heterocycles. The van der Waals surface area contributed by atoms with Gasteiger partial charge in [-0.2, -0.15) is 0 Å². The number of nitrogens with one attached hydrogen (secondary N) is 1. The number of nitrogens with zero attached hydrogens (tertiary/aromatic N) is 3. The van der Waals surface area contributed by atoms with E-state index in [1.165, 1.54) is 0 Å². The summed E-state index contributed by atoms with van der Waals surface area (Å²) in [5.74, 6) is 0.376. The predicted molar refractivity (Wildman–Crippen MR) is 63.6 cm³/mol. The molecular weight excluding hydrogens is 242 g/mol. The number of rotatable bonds is 1. The highest BCUT2D eigenvalue weighted by molar-refractivity contribution is 6.31. The van der Waals surface area contributed by atoms with Crippen molar-refractivity contribution in [3.05, 3.63) is 17.3 Å². The Morgan fingerprint density at radius 1 is 1.59 bits per heavy atom. The van der Waals surface area contributed by atoms with Crippen LogP contribution in [0.15, 0.2) is 12.3 Å². The number of halogens is 1. The summed E-state index contributed by atoms with van der Waals surface area (Å²) in [5.41, 5.74) is 7.17. The van der Waals surface area contributed by atoms with Gasteiger partial charge in [0.2, 0.25) is 11.9 Å². The Kier molecular flexibility index (Phi) is 2.19. The van der Waals surface area contributed by atoms with Gasteiger partial charge in [0.15, 0.2) is 5.65 Å². The summed E-state index contributed by atoms with van der Waals surface area (Å²) < 4.78 is 1.78. The Labute approximate surface area is 102 Å². The molecule has 1 atom stereocenters. The van der Waals surface area contributed by atoms with Gasteiger partial charge in [-0.25, -0.2) is 9.97 Å². The first-order valence-electron chi connectivity index (χ1n) is 5.21. The van der Waals surface area contributed by atoms with E-state index >= 15 is 0 Å². The first-order chi connectivity index (χ1) is 8.15. The first-order valence-corrected chi connectivity index (χ1v) is 5.58. The Balaban J connectivity index is 2.15. The lowest BCUT2D eigenvalue weighted by Crippen LogP contribution is -2.16. The molecule has 3 N–H and O–H groups in total. The molecule has 1 fully saturated rings. The molecule has 0 saturated carbocycles. The van der Waals surface area contributed by atoms with Crippen LogP contribution in [0, 0.1) is 0 Å². The van der Waals surface area contributed by atoms with E-state index in [2.05, 4.69) is 15.3 Å². The van der Waals surface area contributed by atoms with Gasteiger partial charge in [0.25, 0.3) is 0 Å². The highest BCUT2D eigenvalue weighted by Crippen LogP contribution is 2.26. The largest absolute Gasteiger partial charge is 0.369 e. The molecule has 2 aromatic heterocycles. The summed E-state index contributed by atoms with van der Waals surface area (Å²) >= 11 is 5.84. The Morgan fingerprint density at radius 3 is 3.12 bits per heavy atom. The van der Waals surface area contributed by atoms with Gasteiger partial charge < -0.3 is 11.1 Å². The smallest absolute Gasteiger partial charge is 0.222 e. The molecule has 1 aliphatic rings. The Hall–Kier alpha value is -1.82. The highest BCUT2D eigenvalue weighted by Gasteiger charge is 2.26. The summed E-state index contributed by atoms with van der Waals surface area (Å²) in [6, 6.07) is 1.68. The van der Waals surface area contributed by atoms with E-state index < -0.39 is 0 Å². The van der Waals surface area contributed by atoms with Crippen molar-refractivity contribution in [2.75, 3.05) is 12.3 Å². The monoisotopic (exact) mass is 251 g/mol. The molecule has 3 rings (SSSR count).